The van der Waals surface area contributed by atoms with Crippen LogP contribution >= 0.6 is 22.6 Å². The molecule has 2 aromatic carbocycles. The zero-order valence-electron chi connectivity index (χ0n) is 17.9. The van der Waals surface area contributed by atoms with Gasteiger partial charge in [0.05, 0.1) is 16.6 Å². The van der Waals surface area contributed by atoms with Gasteiger partial charge in [0.15, 0.2) is 11.6 Å². The van der Waals surface area contributed by atoms with Crippen LogP contribution in [0.3, 0.4) is 0 Å². The molecule has 1 N–H and O–H groups in total. The number of anilines is 1. The van der Waals surface area contributed by atoms with Crippen molar-refractivity contribution in [1.82, 2.24) is 4.98 Å². The summed E-state index contributed by atoms with van der Waals surface area (Å²) >= 11 is 2.15. The predicted octanol–water partition coefficient (Wildman–Crippen LogP) is 5.58. The number of benzene rings is 2. The molecule has 0 unspecified atom stereocenters. The lowest BCUT2D eigenvalue weighted by Gasteiger charge is -2.13. The molecule has 0 fully saturated rings. The Bertz CT molecular complexity index is 1380. The lowest BCUT2D eigenvalue weighted by atomic mass is 10.1. The van der Waals surface area contributed by atoms with Gasteiger partial charge >= 0.3 is 0 Å². The standard InChI is InChI=1S/C24H21IN2O5S/c1-15(2)31-18-7-9-19(10-8-18)33(29,30)27-24-20(11-16(13-25)14-26-24)23(28)22-12-17-5-3-4-6-21(17)32-22/h3-12,14-15H,13H2,1-2H3,(H,26,27). The summed E-state index contributed by atoms with van der Waals surface area (Å²) in [5, 5.41) is 0.782. The molecule has 170 valence electrons. The second-order valence-electron chi connectivity index (χ2n) is 7.59. The molecule has 0 saturated carbocycles. The third-order valence-electron chi connectivity index (χ3n) is 4.73. The van der Waals surface area contributed by atoms with E-state index in [4.69, 9.17) is 9.15 Å². The first-order valence-electron chi connectivity index (χ1n) is 10.1. The molecule has 4 aromatic rings. The first-order chi connectivity index (χ1) is 15.8. The monoisotopic (exact) mass is 576 g/mol. The van der Waals surface area contributed by atoms with E-state index in [0.29, 0.717) is 15.8 Å². The Balaban J connectivity index is 1.68. The molecule has 2 heterocycles. The summed E-state index contributed by atoms with van der Waals surface area (Å²) in [4.78, 5) is 17.6. The van der Waals surface area contributed by atoms with E-state index in [2.05, 4.69) is 32.3 Å². The number of nitrogens with zero attached hydrogens (tertiary/aromatic N) is 1. The number of halogens is 1. The number of furan rings is 1. The van der Waals surface area contributed by atoms with Crippen LogP contribution in [0, 0.1) is 0 Å². The number of aromatic nitrogens is 1. The fraction of sp³-hybridized carbons (Fsp3) is 0.167. The minimum Gasteiger partial charge on any atom is -0.491 e. The Morgan fingerprint density at radius 2 is 1.85 bits per heavy atom. The summed E-state index contributed by atoms with van der Waals surface area (Å²) in [6.07, 6.45) is 1.51. The number of fused-ring (bicyclic) bond motifs is 1. The van der Waals surface area contributed by atoms with Crippen LogP contribution in [-0.2, 0) is 14.5 Å². The second-order valence-corrected chi connectivity index (χ2v) is 10.0. The third kappa shape index (κ3) is 5.19. The maximum atomic E-state index is 13.3. The van der Waals surface area contributed by atoms with Gasteiger partial charge in [-0.3, -0.25) is 9.52 Å². The van der Waals surface area contributed by atoms with Crippen molar-refractivity contribution in [2.24, 2.45) is 0 Å². The lowest BCUT2D eigenvalue weighted by Crippen LogP contribution is -2.17. The number of alkyl halides is 1. The van der Waals surface area contributed by atoms with E-state index >= 15 is 0 Å². The maximum Gasteiger partial charge on any atom is 0.263 e. The van der Waals surface area contributed by atoms with E-state index in [9.17, 15) is 13.2 Å². The molecule has 0 aliphatic carbocycles. The fourth-order valence-electron chi connectivity index (χ4n) is 3.22. The lowest BCUT2D eigenvalue weighted by molar-refractivity contribution is 0.101. The number of hydrogen-bond donors (Lipinski definition) is 1. The van der Waals surface area contributed by atoms with Crippen molar-refractivity contribution in [2.45, 2.75) is 29.3 Å². The zero-order valence-corrected chi connectivity index (χ0v) is 20.9. The molecule has 0 amide bonds. The first-order valence-corrected chi connectivity index (χ1v) is 13.2. The van der Waals surface area contributed by atoms with Gasteiger partial charge in [0.1, 0.15) is 11.3 Å². The van der Waals surface area contributed by atoms with Crippen molar-refractivity contribution in [3.63, 3.8) is 0 Å². The Morgan fingerprint density at radius 1 is 1.12 bits per heavy atom. The van der Waals surface area contributed by atoms with Crippen LogP contribution in [0.25, 0.3) is 11.0 Å². The normalized spacial score (nSPS) is 11.6. The van der Waals surface area contributed by atoms with E-state index in [1.165, 1.54) is 12.1 Å². The summed E-state index contributed by atoms with van der Waals surface area (Å²) in [5.74, 6) is 0.161. The van der Waals surface area contributed by atoms with E-state index in [-0.39, 0.29) is 28.1 Å². The summed E-state index contributed by atoms with van der Waals surface area (Å²) in [5.41, 5.74) is 1.48. The Kier molecular flexibility index (Phi) is 6.71. The van der Waals surface area contributed by atoms with Crippen molar-refractivity contribution < 1.29 is 22.4 Å². The predicted molar refractivity (Wildman–Crippen MR) is 135 cm³/mol. The highest BCUT2D eigenvalue weighted by atomic mass is 127. The highest BCUT2D eigenvalue weighted by Gasteiger charge is 2.23. The number of carbonyl (C=O) groups excluding carboxylic acids is 1. The van der Waals surface area contributed by atoms with E-state index in [0.717, 1.165) is 10.9 Å². The highest BCUT2D eigenvalue weighted by Crippen LogP contribution is 2.27. The SMILES string of the molecule is CC(C)Oc1ccc(S(=O)(=O)Nc2ncc(CI)cc2C(=O)c2cc3ccccc3o2)cc1. The number of nitrogens with one attached hydrogen (secondary N) is 1. The molecular weight excluding hydrogens is 555 g/mol. The minimum absolute atomic E-state index is 0.0283. The van der Waals surface area contributed by atoms with Gasteiger partial charge in [-0.1, -0.05) is 40.8 Å². The average Bonchev–Trinajstić information content (AvgIpc) is 3.23. The van der Waals surface area contributed by atoms with Crippen molar-refractivity contribution in [3.05, 3.63) is 83.7 Å². The van der Waals surface area contributed by atoms with Crippen molar-refractivity contribution in [2.75, 3.05) is 4.72 Å². The number of carbonyl (C=O) groups is 1. The minimum atomic E-state index is -3.99. The smallest absolute Gasteiger partial charge is 0.263 e. The second kappa shape index (κ2) is 9.52. The summed E-state index contributed by atoms with van der Waals surface area (Å²) in [7, 11) is -3.99. The highest BCUT2D eigenvalue weighted by molar-refractivity contribution is 14.1. The van der Waals surface area contributed by atoms with E-state index < -0.39 is 15.8 Å². The molecule has 2 aromatic heterocycles. The van der Waals surface area contributed by atoms with Crippen LogP contribution in [0.5, 0.6) is 5.75 Å². The Morgan fingerprint density at radius 3 is 2.52 bits per heavy atom. The molecule has 0 radical (unpaired) electrons. The maximum absolute atomic E-state index is 13.3. The van der Waals surface area contributed by atoms with E-state index in [1.807, 2.05) is 32.0 Å². The zero-order chi connectivity index (χ0) is 23.6. The van der Waals surface area contributed by atoms with Gasteiger partial charge in [-0.15, -0.1) is 0 Å². The number of ether oxygens (including phenoxy) is 1. The fourth-order valence-corrected chi connectivity index (χ4v) is 4.66. The van der Waals surface area contributed by atoms with Gasteiger partial charge in [0, 0.05) is 16.0 Å². The topological polar surface area (TPSA) is 98.5 Å². The molecule has 0 bridgehead atoms. The van der Waals surface area contributed by atoms with Gasteiger partial charge in [0.25, 0.3) is 10.0 Å². The van der Waals surface area contributed by atoms with Crippen LogP contribution in [0.2, 0.25) is 0 Å². The largest absolute Gasteiger partial charge is 0.491 e. The van der Waals surface area contributed by atoms with Crippen molar-refractivity contribution >= 4 is 55.2 Å². The summed E-state index contributed by atoms with van der Waals surface area (Å²) in [6, 6.07) is 16.6. The van der Waals surface area contributed by atoms with Crippen LogP contribution in [-0.4, -0.2) is 25.3 Å². The van der Waals surface area contributed by atoms with Crippen LogP contribution < -0.4 is 9.46 Å². The first kappa shape index (κ1) is 23.2. The molecular formula is C24H21IN2O5S. The summed E-state index contributed by atoms with van der Waals surface area (Å²) < 4.78 is 40.4. The van der Waals surface area contributed by atoms with Gasteiger partial charge in [-0.25, -0.2) is 13.4 Å². The molecule has 33 heavy (non-hydrogen) atoms. The number of ketones is 1. The van der Waals surface area contributed by atoms with Gasteiger partial charge < -0.3 is 9.15 Å². The third-order valence-corrected chi connectivity index (χ3v) is 6.97. The summed E-state index contributed by atoms with van der Waals surface area (Å²) in [6.45, 7) is 3.77. The van der Waals surface area contributed by atoms with Gasteiger partial charge in [0.2, 0.25) is 5.78 Å². The molecule has 0 spiro atoms. The molecule has 7 nitrogen and oxygen atoms in total. The van der Waals surface area contributed by atoms with Crippen molar-refractivity contribution in [1.29, 1.82) is 0 Å². The molecule has 0 atom stereocenters. The van der Waals surface area contributed by atoms with Crippen LogP contribution in [0.4, 0.5) is 5.82 Å². The quantitative estimate of drug-likeness (QED) is 0.167. The number of hydrogen-bond acceptors (Lipinski definition) is 6. The van der Waals surface area contributed by atoms with Gasteiger partial charge in [-0.05, 0) is 61.9 Å². The van der Waals surface area contributed by atoms with Crippen LogP contribution in [0.1, 0.15) is 35.5 Å². The number of sulfonamides is 1. The Hall–Kier alpha value is -2.92. The Labute approximate surface area is 205 Å². The molecule has 0 aliphatic rings. The number of para-hydroxylation sites is 1. The molecule has 0 aliphatic heterocycles. The van der Waals surface area contributed by atoms with Gasteiger partial charge in [-0.2, -0.15) is 0 Å². The number of pyridine rings is 1. The van der Waals surface area contributed by atoms with Crippen molar-refractivity contribution in [3.8, 4) is 5.75 Å². The molecule has 4 rings (SSSR count). The molecule has 0 saturated heterocycles. The average molecular weight is 576 g/mol. The van der Waals surface area contributed by atoms with E-state index in [1.54, 1.807) is 36.5 Å². The van der Waals surface area contributed by atoms with Crippen LogP contribution in [0.15, 0.2) is 76.2 Å². The number of rotatable bonds is 8. The molecule has 9 heteroatoms.